The zero-order chi connectivity index (χ0) is 15.0. The summed E-state index contributed by atoms with van der Waals surface area (Å²) in [6.45, 7) is 0.0396. The molecule has 0 heterocycles. The largest absolute Gasteiger partial charge is 0.497 e. The average Bonchev–Trinajstić information content (AvgIpc) is 2.40. The first kappa shape index (κ1) is 16.3. The van der Waals surface area contributed by atoms with E-state index in [4.69, 9.17) is 14.6 Å². The molecule has 0 aliphatic heterocycles. The van der Waals surface area contributed by atoms with E-state index in [2.05, 4.69) is 11.8 Å². The Balaban J connectivity index is 2.73. The second kappa shape index (κ2) is 7.78. The Labute approximate surface area is 119 Å². The van der Waals surface area contributed by atoms with Crippen LogP contribution in [0.3, 0.4) is 0 Å². The van der Waals surface area contributed by atoms with Crippen molar-refractivity contribution >= 4 is 9.84 Å². The molecule has 0 aliphatic rings. The van der Waals surface area contributed by atoms with E-state index in [0.717, 1.165) is 0 Å². The van der Waals surface area contributed by atoms with E-state index in [1.807, 2.05) is 0 Å². The van der Waals surface area contributed by atoms with Crippen LogP contribution < -0.4 is 9.47 Å². The van der Waals surface area contributed by atoms with Crippen molar-refractivity contribution in [1.29, 1.82) is 0 Å². The molecule has 5 nitrogen and oxygen atoms in total. The van der Waals surface area contributed by atoms with Crippen LogP contribution >= 0.6 is 0 Å². The van der Waals surface area contributed by atoms with Gasteiger partial charge in [0.05, 0.1) is 25.0 Å². The number of ether oxygens (including phenoxy) is 2. The molecule has 6 heteroatoms. The fourth-order valence-electron chi connectivity index (χ4n) is 1.50. The quantitative estimate of drug-likeness (QED) is 0.623. The smallest absolute Gasteiger partial charge is 0.147 e. The van der Waals surface area contributed by atoms with Crippen LogP contribution in [0.15, 0.2) is 18.2 Å². The highest BCUT2D eigenvalue weighted by Crippen LogP contribution is 2.23. The van der Waals surface area contributed by atoms with Crippen molar-refractivity contribution in [2.45, 2.75) is 6.42 Å². The molecule has 20 heavy (non-hydrogen) atoms. The summed E-state index contributed by atoms with van der Waals surface area (Å²) in [7, 11) is -1.43. The van der Waals surface area contributed by atoms with Gasteiger partial charge in [-0.15, -0.1) is 0 Å². The summed E-state index contributed by atoms with van der Waals surface area (Å²) < 4.78 is 32.6. The van der Waals surface area contributed by atoms with E-state index >= 15 is 0 Å². The Kier molecular flexibility index (Phi) is 6.36. The molecule has 1 N–H and O–H groups in total. The summed E-state index contributed by atoms with van der Waals surface area (Å²) in [6, 6.07) is 5.14. The van der Waals surface area contributed by atoms with E-state index in [1.54, 1.807) is 25.3 Å². The molecule has 0 amide bonds. The van der Waals surface area contributed by atoms with Crippen LogP contribution in [-0.4, -0.2) is 45.9 Å². The van der Waals surface area contributed by atoms with Crippen molar-refractivity contribution < 1.29 is 23.0 Å². The lowest BCUT2D eigenvalue weighted by Gasteiger charge is -2.09. The third kappa shape index (κ3) is 5.95. The number of hydrogen-bond donors (Lipinski definition) is 1. The van der Waals surface area contributed by atoms with Gasteiger partial charge in [0.1, 0.15) is 27.9 Å². The van der Waals surface area contributed by atoms with Crippen molar-refractivity contribution in [2.75, 3.05) is 32.3 Å². The van der Waals surface area contributed by atoms with E-state index in [0.29, 0.717) is 23.5 Å². The lowest BCUT2D eigenvalue weighted by atomic mass is 10.2. The molecule has 0 spiro atoms. The van der Waals surface area contributed by atoms with Gasteiger partial charge in [0, 0.05) is 6.26 Å². The summed E-state index contributed by atoms with van der Waals surface area (Å²) in [5, 5.41) is 8.74. The Morgan fingerprint density at radius 2 is 2.10 bits per heavy atom. The summed E-state index contributed by atoms with van der Waals surface area (Å²) in [5.41, 5.74) is 0.595. The maximum Gasteiger partial charge on any atom is 0.147 e. The maximum atomic E-state index is 11.0. The lowest BCUT2D eigenvalue weighted by Crippen LogP contribution is -2.08. The third-order valence-corrected chi connectivity index (χ3v) is 3.44. The van der Waals surface area contributed by atoms with Gasteiger partial charge in [0.25, 0.3) is 0 Å². The van der Waals surface area contributed by atoms with Gasteiger partial charge in [0.2, 0.25) is 0 Å². The van der Waals surface area contributed by atoms with Gasteiger partial charge in [-0.2, -0.15) is 0 Å². The molecule has 0 atom stereocenters. The van der Waals surface area contributed by atoms with E-state index < -0.39 is 9.84 Å². The molecule has 0 fully saturated rings. The Morgan fingerprint density at radius 1 is 1.35 bits per heavy atom. The van der Waals surface area contributed by atoms with E-state index in [-0.39, 0.29) is 19.0 Å². The second-order valence-corrected chi connectivity index (χ2v) is 6.41. The number of rotatable bonds is 6. The highest BCUT2D eigenvalue weighted by Gasteiger charge is 2.06. The molecule has 0 unspecified atom stereocenters. The van der Waals surface area contributed by atoms with Gasteiger partial charge in [-0.1, -0.05) is 11.8 Å². The third-order valence-electron chi connectivity index (χ3n) is 2.41. The maximum absolute atomic E-state index is 11.0. The van der Waals surface area contributed by atoms with Crippen LogP contribution in [0.2, 0.25) is 0 Å². The molecule has 110 valence electrons. The molecule has 1 rings (SSSR count). The minimum Gasteiger partial charge on any atom is -0.497 e. The van der Waals surface area contributed by atoms with Gasteiger partial charge < -0.3 is 14.6 Å². The molecule has 0 aromatic heterocycles. The van der Waals surface area contributed by atoms with Gasteiger partial charge in [-0.05, 0) is 24.6 Å². The van der Waals surface area contributed by atoms with Crippen molar-refractivity contribution in [3.05, 3.63) is 23.8 Å². The minimum absolute atomic E-state index is 0.0841. The first-order chi connectivity index (χ1) is 9.46. The number of sulfone groups is 1. The van der Waals surface area contributed by atoms with Crippen LogP contribution in [0.4, 0.5) is 0 Å². The molecule has 1 aromatic rings. The highest BCUT2D eigenvalue weighted by atomic mass is 32.2. The Morgan fingerprint density at radius 3 is 2.70 bits per heavy atom. The van der Waals surface area contributed by atoms with Crippen LogP contribution in [-0.2, 0) is 9.84 Å². The standard InChI is InChI=1S/C14H18O5S/c1-18-13-6-7-14(12(11-13)5-3-8-15)19-9-4-10-20(2,16)17/h6-7,11,15H,4,8-10H2,1-2H3. The van der Waals surface area contributed by atoms with Crippen molar-refractivity contribution in [3.8, 4) is 23.3 Å². The molecule has 0 aliphatic carbocycles. The van der Waals surface area contributed by atoms with Crippen LogP contribution in [0.25, 0.3) is 0 Å². The van der Waals surface area contributed by atoms with E-state index in [1.165, 1.54) is 6.26 Å². The summed E-state index contributed by atoms with van der Waals surface area (Å²) in [5.74, 6) is 6.58. The SMILES string of the molecule is COc1ccc(OCCCS(C)(=O)=O)c(C#CCO)c1. The second-order valence-electron chi connectivity index (χ2n) is 4.15. The minimum atomic E-state index is -2.97. The topological polar surface area (TPSA) is 72.8 Å². The van der Waals surface area contributed by atoms with Gasteiger partial charge in [0.15, 0.2) is 0 Å². The van der Waals surface area contributed by atoms with Crippen molar-refractivity contribution in [1.82, 2.24) is 0 Å². The molecule has 0 radical (unpaired) electrons. The zero-order valence-electron chi connectivity index (χ0n) is 11.5. The number of aliphatic hydroxyl groups excluding tert-OH is 1. The normalized spacial score (nSPS) is 10.6. The van der Waals surface area contributed by atoms with Crippen LogP contribution in [0.5, 0.6) is 11.5 Å². The molecule has 0 saturated carbocycles. The van der Waals surface area contributed by atoms with Crippen molar-refractivity contribution in [2.24, 2.45) is 0 Å². The molecular formula is C14H18O5S. The summed E-state index contributed by atoms with van der Waals surface area (Å²) >= 11 is 0. The van der Waals surface area contributed by atoms with Gasteiger partial charge in [-0.25, -0.2) is 8.42 Å². The average molecular weight is 298 g/mol. The summed E-state index contributed by atoms with van der Waals surface area (Å²) in [6.07, 6.45) is 1.61. The van der Waals surface area contributed by atoms with Crippen molar-refractivity contribution in [3.63, 3.8) is 0 Å². The molecular weight excluding hydrogens is 280 g/mol. The van der Waals surface area contributed by atoms with Gasteiger partial charge in [-0.3, -0.25) is 0 Å². The predicted molar refractivity (Wildman–Crippen MR) is 76.8 cm³/mol. The van der Waals surface area contributed by atoms with Gasteiger partial charge >= 0.3 is 0 Å². The molecule has 0 bridgehead atoms. The number of aliphatic hydroxyl groups is 1. The molecule has 1 aromatic carbocycles. The zero-order valence-corrected chi connectivity index (χ0v) is 12.4. The number of methoxy groups -OCH3 is 1. The van der Waals surface area contributed by atoms with Crippen LogP contribution in [0.1, 0.15) is 12.0 Å². The monoisotopic (exact) mass is 298 g/mol. The lowest BCUT2D eigenvalue weighted by molar-refractivity contribution is 0.316. The van der Waals surface area contributed by atoms with Crippen LogP contribution in [0, 0.1) is 11.8 Å². The Bertz CT molecular complexity index is 596. The summed E-state index contributed by atoms with van der Waals surface area (Å²) in [4.78, 5) is 0. The fourth-order valence-corrected chi connectivity index (χ4v) is 2.14. The molecule has 0 saturated heterocycles. The number of benzene rings is 1. The Hall–Kier alpha value is -1.71. The fraction of sp³-hybridized carbons (Fsp3) is 0.429. The number of hydrogen-bond acceptors (Lipinski definition) is 5. The predicted octanol–water partition coefficient (Wildman–Crippen LogP) is 0.853. The highest BCUT2D eigenvalue weighted by molar-refractivity contribution is 7.90. The van der Waals surface area contributed by atoms with E-state index in [9.17, 15) is 8.42 Å². The first-order valence-corrected chi connectivity index (χ1v) is 8.10. The first-order valence-electron chi connectivity index (χ1n) is 6.04.